The number of hydrogen-bond donors (Lipinski definition) is 1. The van der Waals surface area contributed by atoms with E-state index in [0.717, 1.165) is 12.8 Å². The Balaban J connectivity index is 2.91. The van der Waals surface area contributed by atoms with Crippen LogP contribution in [0.3, 0.4) is 0 Å². The topological polar surface area (TPSA) is 62.7 Å². The zero-order valence-electron chi connectivity index (χ0n) is 11.8. The number of rotatable bonds is 7. The second-order valence-electron chi connectivity index (χ2n) is 4.28. The summed E-state index contributed by atoms with van der Waals surface area (Å²) in [4.78, 5) is 18.2. The molecular formula is C14H22N2O3. The summed E-state index contributed by atoms with van der Waals surface area (Å²) >= 11 is 0. The Kier molecular flexibility index (Phi) is 6.29. The van der Waals surface area contributed by atoms with E-state index >= 15 is 0 Å². The van der Waals surface area contributed by atoms with Crippen LogP contribution in [0.25, 0.3) is 0 Å². The van der Waals surface area contributed by atoms with E-state index in [9.17, 15) is 4.79 Å². The molecule has 0 aliphatic rings. The molecule has 1 amide bonds. The molecule has 0 saturated heterocycles. The Morgan fingerprint density at radius 2 is 2.11 bits per heavy atom. The van der Waals surface area contributed by atoms with E-state index in [2.05, 4.69) is 4.98 Å². The SMILES string of the molecule is CCC(CC)N(CCO)C(=O)c1ccc(OC)nc1. The lowest BCUT2D eigenvalue weighted by Crippen LogP contribution is -2.41. The average Bonchev–Trinajstić information content (AvgIpc) is 2.47. The predicted octanol–water partition coefficient (Wildman–Crippen LogP) is 1.71. The van der Waals surface area contributed by atoms with Gasteiger partial charge in [0.05, 0.1) is 19.3 Å². The lowest BCUT2D eigenvalue weighted by Gasteiger charge is -2.30. The van der Waals surface area contributed by atoms with Crippen molar-refractivity contribution in [3.8, 4) is 5.88 Å². The Morgan fingerprint density at radius 1 is 1.42 bits per heavy atom. The van der Waals surface area contributed by atoms with Crippen LogP contribution in [0.4, 0.5) is 0 Å². The molecule has 0 spiro atoms. The van der Waals surface area contributed by atoms with Gasteiger partial charge in [-0.1, -0.05) is 13.8 Å². The number of carbonyl (C=O) groups is 1. The van der Waals surface area contributed by atoms with E-state index in [0.29, 0.717) is 18.0 Å². The first-order valence-corrected chi connectivity index (χ1v) is 6.59. The zero-order chi connectivity index (χ0) is 14.3. The van der Waals surface area contributed by atoms with E-state index in [1.807, 2.05) is 13.8 Å². The van der Waals surface area contributed by atoms with Gasteiger partial charge in [0.25, 0.3) is 5.91 Å². The Morgan fingerprint density at radius 3 is 2.53 bits per heavy atom. The standard InChI is InChI=1S/C14H22N2O3/c1-4-12(5-2)16(8-9-17)14(18)11-6-7-13(19-3)15-10-11/h6-7,10,12,17H,4-5,8-9H2,1-3H3. The maximum Gasteiger partial charge on any atom is 0.255 e. The van der Waals surface area contributed by atoms with Gasteiger partial charge in [-0.2, -0.15) is 0 Å². The molecule has 0 saturated carbocycles. The number of pyridine rings is 1. The quantitative estimate of drug-likeness (QED) is 0.816. The molecule has 0 aromatic carbocycles. The highest BCUT2D eigenvalue weighted by molar-refractivity contribution is 5.94. The Hall–Kier alpha value is -1.62. The smallest absolute Gasteiger partial charge is 0.255 e. The third kappa shape index (κ3) is 3.92. The van der Waals surface area contributed by atoms with Gasteiger partial charge in [-0.05, 0) is 18.9 Å². The first-order chi connectivity index (χ1) is 9.17. The van der Waals surface area contributed by atoms with Gasteiger partial charge in [-0.25, -0.2) is 4.98 Å². The first kappa shape index (κ1) is 15.4. The lowest BCUT2D eigenvalue weighted by atomic mass is 10.1. The van der Waals surface area contributed by atoms with E-state index in [4.69, 9.17) is 9.84 Å². The molecule has 1 aromatic rings. The highest BCUT2D eigenvalue weighted by Gasteiger charge is 2.22. The van der Waals surface area contributed by atoms with Gasteiger partial charge >= 0.3 is 0 Å². The molecule has 0 unspecified atom stereocenters. The van der Waals surface area contributed by atoms with Crippen molar-refractivity contribution in [1.82, 2.24) is 9.88 Å². The molecule has 0 bridgehead atoms. The van der Waals surface area contributed by atoms with Crippen molar-refractivity contribution >= 4 is 5.91 Å². The molecule has 0 atom stereocenters. The van der Waals surface area contributed by atoms with E-state index in [1.54, 1.807) is 17.0 Å². The van der Waals surface area contributed by atoms with Crippen molar-refractivity contribution in [2.24, 2.45) is 0 Å². The Labute approximate surface area is 114 Å². The van der Waals surface area contributed by atoms with Crippen LogP contribution in [0.1, 0.15) is 37.0 Å². The van der Waals surface area contributed by atoms with Crippen molar-refractivity contribution in [2.45, 2.75) is 32.7 Å². The molecule has 0 aliphatic heterocycles. The normalized spacial score (nSPS) is 10.6. The van der Waals surface area contributed by atoms with Crippen molar-refractivity contribution < 1.29 is 14.6 Å². The number of aromatic nitrogens is 1. The molecule has 0 aliphatic carbocycles. The van der Waals surface area contributed by atoms with Crippen molar-refractivity contribution in [2.75, 3.05) is 20.3 Å². The minimum Gasteiger partial charge on any atom is -0.481 e. The third-order valence-corrected chi connectivity index (χ3v) is 3.18. The molecule has 106 valence electrons. The van der Waals surface area contributed by atoms with Crippen LogP contribution in [0.15, 0.2) is 18.3 Å². The van der Waals surface area contributed by atoms with Gasteiger partial charge in [0, 0.05) is 24.8 Å². The van der Waals surface area contributed by atoms with Crippen molar-refractivity contribution in [3.63, 3.8) is 0 Å². The monoisotopic (exact) mass is 266 g/mol. The van der Waals surface area contributed by atoms with Crippen LogP contribution in [-0.2, 0) is 0 Å². The number of ether oxygens (including phenoxy) is 1. The molecule has 19 heavy (non-hydrogen) atoms. The highest BCUT2D eigenvalue weighted by Crippen LogP contribution is 2.14. The molecule has 1 aromatic heterocycles. The second kappa shape index (κ2) is 7.74. The minimum absolute atomic E-state index is 0.0359. The molecule has 1 heterocycles. The number of methoxy groups -OCH3 is 1. The second-order valence-corrected chi connectivity index (χ2v) is 4.28. The molecule has 5 nitrogen and oxygen atoms in total. The van der Waals surface area contributed by atoms with Crippen LogP contribution in [-0.4, -0.2) is 47.2 Å². The van der Waals surface area contributed by atoms with Crippen LogP contribution < -0.4 is 4.74 Å². The van der Waals surface area contributed by atoms with E-state index in [-0.39, 0.29) is 18.6 Å². The summed E-state index contributed by atoms with van der Waals surface area (Å²) in [5.41, 5.74) is 0.515. The van der Waals surface area contributed by atoms with Crippen molar-refractivity contribution in [3.05, 3.63) is 23.9 Å². The summed E-state index contributed by atoms with van der Waals surface area (Å²) < 4.78 is 4.97. The van der Waals surface area contributed by atoms with Crippen LogP contribution in [0.2, 0.25) is 0 Å². The first-order valence-electron chi connectivity index (χ1n) is 6.59. The summed E-state index contributed by atoms with van der Waals surface area (Å²) in [6, 6.07) is 3.50. The number of nitrogens with zero attached hydrogens (tertiary/aromatic N) is 2. The van der Waals surface area contributed by atoms with Crippen molar-refractivity contribution in [1.29, 1.82) is 0 Å². The number of aliphatic hydroxyl groups is 1. The number of carbonyl (C=O) groups excluding carboxylic acids is 1. The summed E-state index contributed by atoms with van der Waals surface area (Å²) in [6.07, 6.45) is 3.24. The van der Waals surface area contributed by atoms with Gasteiger partial charge in [0.2, 0.25) is 5.88 Å². The fraction of sp³-hybridized carbons (Fsp3) is 0.571. The van der Waals surface area contributed by atoms with Crippen LogP contribution >= 0.6 is 0 Å². The highest BCUT2D eigenvalue weighted by atomic mass is 16.5. The average molecular weight is 266 g/mol. The van der Waals surface area contributed by atoms with E-state index < -0.39 is 0 Å². The van der Waals surface area contributed by atoms with Gasteiger partial charge in [0.1, 0.15) is 0 Å². The summed E-state index contributed by atoms with van der Waals surface area (Å²) in [5.74, 6) is 0.380. The fourth-order valence-corrected chi connectivity index (χ4v) is 2.08. The van der Waals surface area contributed by atoms with Crippen LogP contribution in [0, 0.1) is 0 Å². The third-order valence-electron chi connectivity index (χ3n) is 3.18. The molecule has 1 rings (SSSR count). The molecular weight excluding hydrogens is 244 g/mol. The van der Waals surface area contributed by atoms with Gasteiger partial charge in [0.15, 0.2) is 0 Å². The lowest BCUT2D eigenvalue weighted by molar-refractivity contribution is 0.0622. The summed E-state index contributed by atoms with van der Waals surface area (Å²) in [6.45, 7) is 4.39. The maximum atomic E-state index is 12.4. The predicted molar refractivity (Wildman–Crippen MR) is 73.3 cm³/mol. The molecule has 5 heteroatoms. The number of amides is 1. The molecule has 0 radical (unpaired) electrons. The summed E-state index contributed by atoms with van der Waals surface area (Å²) in [5, 5.41) is 9.13. The fourth-order valence-electron chi connectivity index (χ4n) is 2.08. The number of aliphatic hydroxyl groups excluding tert-OH is 1. The van der Waals surface area contributed by atoms with Gasteiger partial charge in [-0.15, -0.1) is 0 Å². The minimum atomic E-state index is -0.0992. The largest absolute Gasteiger partial charge is 0.481 e. The van der Waals surface area contributed by atoms with Crippen LogP contribution in [0.5, 0.6) is 5.88 Å². The van der Waals surface area contributed by atoms with Gasteiger partial charge < -0.3 is 14.7 Å². The van der Waals surface area contributed by atoms with Gasteiger partial charge in [-0.3, -0.25) is 4.79 Å². The maximum absolute atomic E-state index is 12.4. The zero-order valence-corrected chi connectivity index (χ0v) is 11.8. The summed E-state index contributed by atoms with van der Waals surface area (Å²) in [7, 11) is 1.53. The molecule has 0 fully saturated rings. The van der Waals surface area contributed by atoms with E-state index in [1.165, 1.54) is 13.3 Å². The Bertz CT molecular complexity index is 388. The number of hydrogen-bond acceptors (Lipinski definition) is 4. The molecule has 1 N–H and O–H groups in total.